The lowest BCUT2D eigenvalue weighted by Crippen LogP contribution is -2.04. The van der Waals surface area contributed by atoms with Crippen molar-refractivity contribution < 1.29 is 10.2 Å². The highest BCUT2D eigenvalue weighted by atomic mass is 16.3. The topological polar surface area (TPSA) is 40.5 Å². The molecule has 2 nitrogen and oxygen atoms in total. The van der Waals surface area contributed by atoms with E-state index < -0.39 is 6.10 Å². The first-order valence-corrected chi connectivity index (χ1v) is 10.4. The zero-order chi connectivity index (χ0) is 20.9. The van der Waals surface area contributed by atoms with E-state index in [9.17, 15) is 10.2 Å². The van der Waals surface area contributed by atoms with E-state index in [0.717, 1.165) is 48.8 Å². The van der Waals surface area contributed by atoms with E-state index >= 15 is 0 Å². The fraction of sp³-hybridized carbons (Fsp3) is 0.0345. The van der Waals surface area contributed by atoms with E-state index in [2.05, 4.69) is 42.5 Å². The smallest absolute Gasteiger partial charge is 0.123 e. The van der Waals surface area contributed by atoms with Crippen LogP contribution in [0.15, 0.2) is 103 Å². The molecule has 1 unspecified atom stereocenters. The summed E-state index contributed by atoms with van der Waals surface area (Å²) in [6, 6.07) is 34.1. The average Bonchev–Trinajstić information content (AvgIpc) is 2.81. The van der Waals surface area contributed by atoms with Crippen LogP contribution in [-0.4, -0.2) is 10.2 Å². The number of fused-ring (bicyclic) bond motifs is 4. The molecule has 0 heterocycles. The Morgan fingerprint density at radius 3 is 1.52 bits per heavy atom. The molecule has 6 aromatic rings. The number of phenols is 1. The number of aromatic hydroxyl groups is 1. The molecule has 0 aliphatic rings. The van der Waals surface area contributed by atoms with Crippen LogP contribution in [0.3, 0.4) is 0 Å². The van der Waals surface area contributed by atoms with Crippen LogP contribution < -0.4 is 0 Å². The van der Waals surface area contributed by atoms with Gasteiger partial charge in [-0.3, -0.25) is 0 Å². The summed E-state index contributed by atoms with van der Waals surface area (Å²) in [6.45, 7) is 0. The molecule has 0 saturated carbocycles. The molecule has 1 atom stereocenters. The number of phenolic OH excluding ortho intramolecular Hbond substituents is 1. The van der Waals surface area contributed by atoms with Gasteiger partial charge in [0.05, 0.1) is 0 Å². The number of aliphatic hydroxyl groups is 1. The van der Waals surface area contributed by atoms with Crippen LogP contribution in [0.2, 0.25) is 0 Å². The molecule has 2 heteroatoms. The van der Waals surface area contributed by atoms with Crippen molar-refractivity contribution in [3.05, 3.63) is 114 Å². The van der Waals surface area contributed by atoms with Gasteiger partial charge in [-0.15, -0.1) is 0 Å². The van der Waals surface area contributed by atoms with E-state index in [1.54, 1.807) is 6.07 Å². The minimum atomic E-state index is -0.905. The summed E-state index contributed by atoms with van der Waals surface area (Å²) in [5.41, 5.74) is 1.61. The number of rotatable bonds is 2. The maximum absolute atomic E-state index is 12.0. The van der Waals surface area contributed by atoms with Gasteiger partial charge in [0, 0.05) is 16.5 Å². The van der Waals surface area contributed by atoms with Crippen molar-refractivity contribution in [1.82, 2.24) is 0 Å². The zero-order valence-electron chi connectivity index (χ0n) is 16.8. The fourth-order valence-corrected chi connectivity index (χ4v) is 4.91. The lowest BCUT2D eigenvalue weighted by atomic mass is 9.86. The predicted octanol–water partition coefficient (Wildman–Crippen LogP) is 7.09. The standard InChI is InChI=1S/C29H20O2/c30-25-15-7-11-21-17-20-10-3-6-14-24(20)28(26(21)25)29(31)27-22-12-4-1-8-18(22)16-19-9-2-5-13-23(19)27/h1-17,29-31H. The molecule has 6 rings (SSSR count). The summed E-state index contributed by atoms with van der Waals surface area (Å²) in [7, 11) is 0. The lowest BCUT2D eigenvalue weighted by molar-refractivity contribution is 0.226. The normalized spacial score (nSPS) is 12.7. The Kier molecular flexibility index (Phi) is 3.95. The summed E-state index contributed by atoms with van der Waals surface area (Å²) in [6.07, 6.45) is -0.905. The molecular formula is C29H20O2. The van der Waals surface area contributed by atoms with Crippen molar-refractivity contribution in [3.8, 4) is 5.75 Å². The maximum atomic E-state index is 12.0. The van der Waals surface area contributed by atoms with Gasteiger partial charge in [0.2, 0.25) is 0 Å². The minimum Gasteiger partial charge on any atom is -0.507 e. The highest BCUT2D eigenvalue weighted by Crippen LogP contribution is 2.43. The Bertz CT molecular complexity index is 1560. The second-order valence-electron chi connectivity index (χ2n) is 8.02. The zero-order valence-corrected chi connectivity index (χ0v) is 16.8. The van der Waals surface area contributed by atoms with Crippen LogP contribution in [0, 0.1) is 0 Å². The Labute approximate surface area is 179 Å². The van der Waals surface area contributed by atoms with Crippen molar-refractivity contribution in [2.45, 2.75) is 6.10 Å². The van der Waals surface area contributed by atoms with Gasteiger partial charge in [-0.1, -0.05) is 84.9 Å². The van der Waals surface area contributed by atoms with E-state index in [1.165, 1.54) is 0 Å². The van der Waals surface area contributed by atoms with Crippen LogP contribution >= 0.6 is 0 Å². The third kappa shape index (κ3) is 2.69. The SMILES string of the molecule is Oc1cccc2cc3ccccc3c(C(O)c3c4ccccc4cc4ccccc34)c12. The lowest BCUT2D eigenvalue weighted by Gasteiger charge is -2.21. The van der Waals surface area contributed by atoms with Gasteiger partial charge in [0.25, 0.3) is 0 Å². The Morgan fingerprint density at radius 1 is 0.484 bits per heavy atom. The van der Waals surface area contributed by atoms with Gasteiger partial charge in [-0.25, -0.2) is 0 Å². The van der Waals surface area contributed by atoms with Gasteiger partial charge in [-0.2, -0.15) is 0 Å². The summed E-state index contributed by atoms with van der Waals surface area (Å²) in [5, 5.41) is 30.6. The van der Waals surface area contributed by atoms with Crippen molar-refractivity contribution in [1.29, 1.82) is 0 Å². The first-order valence-electron chi connectivity index (χ1n) is 10.4. The summed E-state index contributed by atoms with van der Waals surface area (Å²) in [5.74, 6) is 0.182. The van der Waals surface area contributed by atoms with Gasteiger partial charge < -0.3 is 10.2 Å². The van der Waals surface area contributed by atoms with Gasteiger partial charge >= 0.3 is 0 Å². The second kappa shape index (κ2) is 6.83. The highest BCUT2D eigenvalue weighted by molar-refractivity contribution is 6.08. The Morgan fingerprint density at radius 2 is 0.935 bits per heavy atom. The monoisotopic (exact) mass is 400 g/mol. The van der Waals surface area contributed by atoms with Gasteiger partial charge in [-0.05, 0) is 55.9 Å². The predicted molar refractivity (Wildman–Crippen MR) is 129 cm³/mol. The molecule has 0 aliphatic heterocycles. The molecule has 0 aromatic heterocycles. The molecule has 148 valence electrons. The summed E-state index contributed by atoms with van der Waals surface area (Å²) >= 11 is 0. The number of aliphatic hydroxyl groups excluding tert-OH is 1. The third-order valence-corrected chi connectivity index (χ3v) is 6.27. The molecule has 0 spiro atoms. The van der Waals surface area contributed by atoms with Crippen molar-refractivity contribution in [2.24, 2.45) is 0 Å². The molecule has 0 radical (unpaired) electrons. The summed E-state index contributed by atoms with van der Waals surface area (Å²) in [4.78, 5) is 0. The molecule has 0 fully saturated rings. The van der Waals surface area contributed by atoms with Gasteiger partial charge in [0.1, 0.15) is 11.9 Å². The Hall–Kier alpha value is -3.88. The van der Waals surface area contributed by atoms with Crippen molar-refractivity contribution in [3.63, 3.8) is 0 Å². The van der Waals surface area contributed by atoms with Crippen LogP contribution in [0.1, 0.15) is 17.2 Å². The van der Waals surface area contributed by atoms with E-state index in [1.807, 2.05) is 54.6 Å². The average molecular weight is 400 g/mol. The summed E-state index contributed by atoms with van der Waals surface area (Å²) < 4.78 is 0. The second-order valence-corrected chi connectivity index (χ2v) is 8.02. The Balaban J connectivity index is 1.80. The van der Waals surface area contributed by atoms with Gasteiger partial charge in [0.15, 0.2) is 0 Å². The minimum absolute atomic E-state index is 0.182. The quantitative estimate of drug-likeness (QED) is 0.305. The highest BCUT2D eigenvalue weighted by Gasteiger charge is 2.23. The van der Waals surface area contributed by atoms with Crippen molar-refractivity contribution in [2.75, 3.05) is 0 Å². The van der Waals surface area contributed by atoms with Crippen LogP contribution in [0.25, 0.3) is 43.1 Å². The molecule has 6 aromatic carbocycles. The molecule has 0 bridgehead atoms. The molecule has 31 heavy (non-hydrogen) atoms. The third-order valence-electron chi connectivity index (χ3n) is 6.27. The number of hydrogen-bond acceptors (Lipinski definition) is 2. The molecule has 0 aliphatic carbocycles. The van der Waals surface area contributed by atoms with Crippen LogP contribution in [-0.2, 0) is 0 Å². The van der Waals surface area contributed by atoms with E-state index in [-0.39, 0.29) is 5.75 Å². The maximum Gasteiger partial charge on any atom is 0.123 e. The van der Waals surface area contributed by atoms with E-state index in [0.29, 0.717) is 5.39 Å². The molecule has 2 N–H and O–H groups in total. The van der Waals surface area contributed by atoms with E-state index in [4.69, 9.17) is 0 Å². The molecule has 0 amide bonds. The fourth-order valence-electron chi connectivity index (χ4n) is 4.91. The van der Waals surface area contributed by atoms with Crippen LogP contribution in [0.5, 0.6) is 5.75 Å². The molecule has 0 saturated heterocycles. The van der Waals surface area contributed by atoms with Crippen molar-refractivity contribution >= 4 is 43.1 Å². The number of benzene rings is 6. The largest absolute Gasteiger partial charge is 0.507 e. The molecular weight excluding hydrogens is 380 g/mol. The first-order chi connectivity index (χ1) is 15.2. The first kappa shape index (κ1) is 17.9. The van der Waals surface area contributed by atoms with Crippen LogP contribution in [0.4, 0.5) is 0 Å². The number of hydrogen-bond donors (Lipinski definition) is 2.